The predicted molar refractivity (Wildman–Crippen MR) is 19.2 cm³/mol. The first-order valence-electron chi connectivity index (χ1n) is 1.73. The Morgan fingerprint density at radius 2 is 1.62 bits per heavy atom. The number of hydrogen-bond donors (Lipinski definition) is 0. The van der Waals surface area contributed by atoms with Crippen molar-refractivity contribution in [1.29, 1.82) is 0 Å². The van der Waals surface area contributed by atoms with Gasteiger partial charge in [0.05, 0.1) is 0 Å². The second-order valence-corrected chi connectivity index (χ2v) is 2.40. The summed E-state index contributed by atoms with van der Waals surface area (Å²) in [5.74, 6) is -0.0741. The minimum absolute atomic E-state index is 0.0370. The van der Waals surface area contributed by atoms with Crippen LogP contribution in [-0.4, -0.2) is 8.42 Å². The molecule has 0 atom stereocenters. The molecule has 0 saturated carbocycles. The lowest BCUT2D eigenvalue weighted by Gasteiger charge is -1.94. The van der Waals surface area contributed by atoms with Gasteiger partial charge in [-0.15, -0.1) is 8.42 Å². The largest absolute Gasteiger partial charge is 0.506 e. The molecule has 0 aliphatic carbocycles. The molecule has 0 aromatic rings. The van der Waals surface area contributed by atoms with Gasteiger partial charge in [0.1, 0.15) is 0 Å². The maximum Gasteiger partial charge on any atom is 0.506 e. The molecular weight excluding hydrogens is 136 g/mol. The van der Waals surface area contributed by atoms with Crippen molar-refractivity contribution in [2.45, 2.75) is 0 Å². The highest BCUT2D eigenvalue weighted by Crippen LogP contribution is 2.38. The van der Waals surface area contributed by atoms with Crippen LogP contribution in [0.5, 0.6) is 0 Å². The van der Waals surface area contributed by atoms with Gasteiger partial charge in [-0.2, -0.15) is 0 Å². The Hall–Kier alpha value is -0.910. The van der Waals surface area contributed by atoms with E-state index >= 15 is 0 Å². The summed E-state index contributed by atoms with van der Waals surface area (Å²) >= 11 is 0. The molecule has 0 spiro atoms. The van der Waals surface area contributed by atoms with E-state index in [1.807, 2.05) is 0 Å². The first kappa shape index (κ1) is 4.02. The van der Waals surface area contributed by atoms with Gasteiger partial charge >= 0.3 is 22.3 Å². The molecule has 0 bridgehead atoms. The molecule has 44 valence electrons. The van der Waals surface area contributed by atoms with Crippen LogP contribution in [0.2, 0.25) is 0 Å². The van der Waals surface area contributed by atoms with E-state index < -0.39 is 10.4 Å². The summed E-state index contributed by atoms with van der Waals surface area (Å²) in [4.78, 5) is 0. The van der Waals surface area contributed by atoms with Crippen molar-refractivity contribution in [3.8, 4) is 0 Å². The first-order chi connectivity index (χ1) is 3.67. The third kappa shape index (κ3) is 0.374. The molecule has 0 saturated heterocycles. The summed E-state index contributed by atoms with van der Waals surface area (Å²) in [6.07, 6.45) is 0. The minimum atomic E-state index is -3.74. The molecule has 2 aliphatic heterocycles. The summed E-state index contributed by atoms with van der Waals surface area (Å²) in [5.41, 5.74) is 0. The zero-order valence-corrected chi connectivity index (χ0v) is 4.27. The van der Waals surface area contributed by atoms with E-state index in [9.17, 15) is 8.42 Å². The number of hydrogen-bond acceptors (Lipinski definition) is 5. The van der Waals surface area contributed by atoms with Crippen LogP contribution in [0.1, 0.15) is 0 Å². The third-order valence-electron chi connectivity index (χ3n) is 0.666. The van der Waals surface area contributed by atoms with Gasteiger partial charge in [0.25, 0.3) is 0 Å². The quantitative estimate of drug-likeness (QED) is 0.446. The van der Waals surface area contributed by atoms with E-state index in [2.05, 4.69) is 13.1 Å². The predicted octanol–water partition coefficient (Wildman–Crippen LogP) is -0.565. The maximum atomic E-state index is 10.1. The molecule has 8 heavy (non-hydrogen) atoms. The summed E-state index contributed by atoms with van der Waals surface area (Å²) in [5, 5.41) is 0. The zero-order valence-electron chi connectivity index (χ0n) is 3.45. The van der Waals surface area contributed by atoms with E-state index in [0.29, 0.717) is 0 Å². The fourth-order valence-corrected chi connectivity index (χ4v) is 0.972. The SMILES string of the molecule is O=S1(=O)OC2=C(O2)O1. The second-order valence-electron chi connectivity index (χ2n) is 1.25. The lowest BCUT2D eigenvalue weighted by atomic mass is 11.1. The molecule has 2 heterocycles. The average molecular weight is 136 g/mol. The van der Waals surface area contributed by atoms with Crippen molar-refractivity contribution < 1.29 is 21.5 Å². The number of rotatable bonds is 0. The second kappa shape index (κ2) is 0.795. The highest BCUT2D eigenvalue weighted by Gasteiger charge is 2.47. The van der Waals surface area contributed by atoms with Crippen LogP contribution >= 0.6 is 0 Å². The van der Waals surface area contributed by atoms with E-state index in [0.717, 1.165) is 0 Å². The lowest BCUT2D eigenvalue weighted by molar-refractivity contribution is 0.180. The van der Waals surface area contributed by atoms with Gasteiger partial charge in [-0.1, -0.05) is 0 Å². The van der Waals surface area contributed by atoms with Crippen LogP contribution in [0.3, 0.4) is 0 Å². The Morgan fingerprint density at radius 1 is 1.12 bits per heavy atom. The Morgan fingerprint density at radius 3 is 1.88 bits per heavy atom. The van der Waals surface area contributed by atoms with E-state index in [1.165, 1.54) is 0 Å². The molecule has 0 aromatic carbocycles. The minimum Gasteiger partial charge on any atom is -0.380 e. The van der Waals surface area contributed by atoms with Crippen molar-refractivity contribution in [2.24, 2.45) is 0 Å². The third-order valence-corrected chi connectivity index (χ3v) is 1.38. The molecule has 0 fully saturated rings. The van der Waals surface area contributed by atoms with Crippen molar-refractivity contribution in [3.05, 3.63) is 11.9 Å². The summed E-state index contributed by atoms with van der Waals surface area (Å²) in [6.45, 7) is 0. The zero-order chi connectivity index (χ0) is 5.78. The van der Waals surface area contributed by atoms with E-state index in [-0.39, 0.29) is 11.9 Å². The van der Waals surface area contributed by atoms with Crippen molar-refractivity contribution in [2.75, 3.05) is 0 Å². The van der Waals surface area contributed by atoms with Gasteiger partial charge in [-0.3, -0.25) is 0 Å². The Balaban J connectivity index is 2.40. The Bertz CT molecular complexity index is 238. The molecular formula is C2O5S. The van der Waals surface area contributed by atoms with Gasteiger partial charge in [-0.25, -0.2) is 0 Å². The normalized spacial score (nSPS) is 27.5. The van der Waals surface area contributed by atoms with Crippen LogP contribution in [0.25, 0.3) is 0 Å². The topological polar surface area (TPSA) is 65.1 Å². The molecule has 5 nitrogen and oxygen atoms in total. The van der Waals surface area contributed by atoms with Gasteiger partial charge < -0.3 is 13.1 Å². The maximum absolute atomic E-state index is 10.1. The van der Waals surface area contributed by atoms with Crippen LogP contribution in [-0.2, 0) is 23.5 Å². The number of ether oxygens (including phenoxy) is 1. The van der Waals surface area contributed by atoms with Crippen molar-refractivity contribution in [3.63, 3.8) is 0 Å². The highest BCUT2D eigenvalue weighted by molar-refractivity contribution is 7.82. The fourth-order valence-electron chi connectivity index (χ4n) is 0.363. The monoisotopic (exact) mass is 136 g/mol. The molecule has 0 aromatic heterocycles. The van der Waals surface area contributed by atoms with Crippen LogP contribution in [0.15, 0.2) is 11.9 Å². The van der Waals surface area contributed by atoms with Crippen LogP contribution < -0.4 is 0 Å². The molecule has 2 aliphatic rings. The van der Waals surface area contributed by atoms with Gasteiger partial charge in [0.15, 0.2) is 0 Å². The van der Waals surface area contributed by atoms with Crippen molar-refractivity contribution >= 4 is 10.4 Å². The van der Waals surface area contributed by atoms with Gasteiger partial charge in [-0.05, 0) is 0 Å². The highest BCUT2D eigenvalue weighted by atomic mass is 32.3. The van der Waals surface area contributed by atoms with Crippen molar-refractivity contribution in [1.82, 2.24) is 0 Å². The van der Waals surface area contributed by atoms with E-state index in [1.54, 1.807) is 0 Å². The van der Waals surface area contributed by atoms with E-state index in [4.69, 9.17) is 0 Å². The molecule has 6 heteroatoms. The first-order valence-corrected chi connectivity index (χ1v) is 3.07. The van der Waals surface area contributed by atoms with Gasteiger partial charge in [0, 0.05) is 0 Å². The van der Waals surface area contributed by atoms with Gasteiger partial charge in [0.2, 0.25) is 0 Å². The molecule has 0 amide bonds. The fraction of sp³-hybridized carbons (Fsp3) is 0. The summed E-state index contributed by atoms with van der Waals surface area (Å²) in [6, 6.07) is 0. The molecule has 2 rings (SSSR count). The Labute approximate surface area is 44.8 Å². The molecule has 0 radical (unpaired) electrons. The summed E-state index contributed by atoms with van der Waals surface area (Å²) in [7, 11) is -3.74. The summed E-state index contributed by atoms with van der Waals surface area (Å²) < 4.78 is 32.6. The van der Waals surface area contributed by atoms with Crippen LogP contribution in [0, 0.1) is 0 Å². The Kier molecular flexibility index (Phi) is 0.399. The standard InChI is InChI=1S/C2O5S/c3-8(4)6-1-2(5-1)7-8. The molecule has 0 N–H and O–H groups in total. The molecule has 0 unspecified atom stereocenters. The average Bonchev–Trinajstić information content (AvgIpc) is 2.11. The van der Waals surface area contributed by atoms with Crippen LogP contribution in [0.4, 0.5) is 0 Å². The lowest BCUT2D eigenvalue weighted by Crippen LogP contribution is -2.02. The smallest absolute Gasteiger partial charge is 0.380 e.